The van der Waals surface area contributed by atoms with Gasteiger partial charge in [-0.25, -0.2) is 0 Å². The molecule has 1 aromatic carbocycles. The molecule has 0 aliphatic rings. The number of carbonyl (C=O) groups excluding carboxylic acids is 1. The van der Waals surface area contributed by atoms with Crippen molar-refractivity contribution in [2.75, 3.05) is 13.2 Å². The highest BCUT2D eigenvalue weighted by atomic mass is 16.5. The topological polar surface area (TPSA) is 38.3 Å². The Kier molecular flexibility index (Phi) is 7.88. The zero-order valence-corrected chi connectivity index (χ0v) is 13.6. The van der Waals surface area contributed by atoms with Crippen molar-refractivity contribution in [3.05, 3.63) is 29.8 Å². The Labute approximate surface area is 129 Å². The van der Waals surface area contributed by atoms with Gasteiger partial charge in [-0.1, -0.05) is 52.2 Å². The minimum Gasteiger partial charge on any atom is -0.494 e. The molecule has 0 fully saturated rings. The Morgan fingerprint density at radius 3 is 2.48 bits per heavy atom. The lowest BCUT2D eigenvalue weighted by Crippen LogP contribution is -2.17. The number of amides is 1. The van der Waals surface area contributed by atoms with Crippen LogP contribution in [0, 0.1) is 0 Å². The van der Waals surface area contributed by atoms with E-state index >= 15 is 0 Å². The summed E-state index contributed by atoms with van der Waals surface area (Å²) in [6.07, 6.45) is 7.51. The summed E-state index contributed by atoms with van der Waals surface area (Å²) in [5.74, 6) is 0.887. The second-order valence-electron chi connectivity index (χ2n) is 6.10. The molecule has 0 saturated heterocycles. The van der Waals surface area contributed by atoms with Crippen molar-refractivity contribution in [1.29, 1.82) is 0 Å². The highest BCUT2D eigenvalue weighted by Gasteiger charge is 2.19. The molecule has 0 aromatic heterocycles. The minimum absolute atomic E-state index is 0.220. The molecule has 1 aromatic rings. The monoisotopic (exact) mass is 290 g/mol. The summed E-state index contributed by atoms with van der Waals surface area (Å²) in [4.78, 5) is 9.99. The zero-order chi connectivity index (χ0) is 15.6. The Morgan fingerprint density at radius 1 is 1.14 bits per heavy atom. The van der Waals surface area contributed by atoms with Gasteiger partial charge in [-0.15, -0.1) is 0 Å². The first-order valence-electron chi connectivity index (χ1n) is 7.93. The van der Waals surface area contributed by atoms with Crippen LogP contribution in [0.3, 0.4) is 0 Å². The van der Waals surface area contributed by atoms with E-state index in [0.717, 1.165) is 12.2 Å². The van der Waals surface area contributed by atoms with Crippen LogP contribution < -0.4 is 10.1 Å². The first kappa shape index (κ1) is 17.5. The molecule has 21 heavy (non-hydrogen) atoms. The molecule has 117 valence electrons. The summed E-state index contributed by atoms with van der Waals surface area (Å²) < 4.78 is 5.65. The molecule has 0 heterocycles. The van der Waals surface area contributed by atoms with Gasteiger partial charge >= 0.3 is 6.41 Å². The fourth-order valence-corrected chi connectivity index (χ4v) is 2.37. The Hall–Kier alpha value is -1.51. The Morgan fingerprint density at radius 2 is 1.86 bits per heavy atom. The van der Waals surface area contributed by atoms with Gasteiger partial charge in [-0.2, -0.15) is 0 Å². The molecule has 0 spiro atoms. The third-order valence-electron chi connectivity index (χ3n) is 3.83. The molecule has 0 aliphatic heterocycles. The molecule has 3 nitrogen and oxygen atoms in total. The Balaban J connectivity index is 2.43. The number of hydrogen-bond acceptors (Lipinski definition) is 2. The molecule has 0 saturated carbocycles. The van der Waals surface area contributed by atoms with Crippen LogP contribution >= 0.6 is 0 Å². The fraction of sp³-hybridized carbons (Fsp3) is 0.611. The largest absolute Gasteiger partial charge is 0.494 e. The van der Waals surface area contributed by atoms with Gasteiger partial charge in [0.15, 0.2) is 0 Å². The predicted molar refractivity (Wildman–Crippen MR) is 87.4 cm³/mol. The summed E-state index contributed by atoms with van der Waals surface area (Å²) in [5.41, 5.74) is 1.58. The van der Waals surface area contributed by atoms with Crippen molar-refractivity contribution < 1.29 is 9.53 Å². The first-order valence-corrected chi connectivity index (χ1v) is 7.93. The van der Waals surface area contributed by atoms with Gasteiger partial charge in [0.25, 0.3) is 0 Å². The van der Waals surface area contributed by atoms with Gasteiger partial charge in [-0.05, 0) is 36.0 Å². The van der Waals surface area contributed by atoms with Crippen LogP contribution in [-0.2, 0) is 10.2 Å². The second kappa shape index (κ2) is 9.43. The van der Waals surface area contributed by atoms with E-state index in [0.29, 0.717) is 13.2 Å². The van der Waals surface area contributed by atoms with Crippen LogP contribution in [0.2, 0.25) is 0 Å². The highest BCUT2D eigenvalue weighted by molar-refractivity contribution is 5.46. The average molecular weight is 290 g/mol. The van der Waals surface area contributed by atoms with Crippen molar-refractivity contribution in [3.8, 4) is 5.75 Å². The van der Waals surface area contributed by atoms with Crippen molar-refractivity contribution >= 4 is 6.41 Å². The predicted octanol–water partition coefficient (Wildman–Crippen LogP) is 3.97. The van der Waals surface area contributed by atoms with E-state index in [1.165, 1.54) is 31.2 Å². The molecule has 3 heteroatoms. The third-order valence-corrected chi connectivity index (χ3v) is 3.83. The average Bonchev–Trinajstić information content (AvgIpc) is 2.48. The van der Waals surface area contributed by atoms with Crippen molar-refractivity contribution in [1.82, 2.24) is 5.32 Å². The van der Waals surface area contributed by atoms with Gasteiger partial charge in [0, 0.05) is 6.54 Å². The van der Waals surface area contributed by atoms with Crippen LogP contribution in [0.15, 0.2) is 24.3 Å². The maximum atomic E-state index is 9.99. The molecule has 1 N–H and O–H groups in total. The quantitative estimate of drug-likeness (QED) is 0.494. The standard InChI is InChI=1S/C18H28NO2/c1-4-5-6-12-18(2,3)16-8-10-17(11-9-16)21-14-7-13-19-15-20/h8-11H,4-7,12-14H2,1-3H3,(H,19,20). The SMILES string of the molecule is CCCCCC(C)(C)c1ccc(OCCCN[C]=O)cc1. The van der Waals surface area contributed by atoms with Crippen LogP contribution in [-0.4, -0.2) is 19.6 Å². The molecule has 1 rings (SSSR count). The summed E-state index contributed by atoms with van der Waals surface area (Å²) in [6.45, 7) is 8.06. The van der Waals surface area contributed by atoms with Crippen LogP contribution in [0.25, 0.3) is 0 Å². The number of rotatable bonds is 11. The molecular formula is C18H28NO2. The highest BCUT2D eigenvalue weighted by Crippen LogP contribution is 2.30. The second-order valence-corrected chi connectivity index (χ2v) is 6.10. The molecular weight excluding hydrogens is 262 g/mol. The molecule has 0 aliphatic carbocycles. The normalized spacial score (nSPS) is 11.2. The van der Waals surface area contributed by atoms with E-state index in [4.69, 9.17) is 4.74 Å². The van der Waals surface area contributed by atoms with Gasteiger partial charge in [0.05, 0.1) is 6.61 Å². The van der Waals surface area contributed by atoms with Crippen molar-refractivity contribution in [2.24, 2.45) is 0 Å². The Bertz CT molecular complexity index is 398. The summed E-state index contributed by atoms with van der Waals surface area (Å²) in [7, 11) is 0. The van der Waals surface area contributed by atoms with Crippen molar-refractivity contribution in [3.63, 3.8) is 0 Å². The van der Waals surface area contributed by atoms with Crippen LogP contribution in [0.4, 0.5) is 0 Å². The van der Waals surface area contributed by atoms with Gasteiger partial charge in [0.2, 0.25) is 0 Å². The number of hydrogen-bond donors (Lipinski definition) is 1. The maximum Gasteiger partial charge on any atom is 0.309 e. The number of nitrogens with one attached hydrogen (secondary N) is 1. The van der Waals surface area contributed by atoms with E-state index in [2.05, 4.69) is 38.2 Å². The summed E-state index contributed by atoms with van der Waals surface area (Å²) >= 11 is 0. The number of benzene rings is 1. The first-order chi connectivity index (χ1) is 10.1. The summed E-state index contributed by atoms with van der Waals surface area (Å²) in [6, 6.07) is 8.41. The van der Waals surface area contributed by atoms with Gasteiger partial charge < -0.3 is 10.1 Å². The van der Waals surface area contributed by atoms with E-state index in [9.17, 15) is 4.79 Å². The lowest BCUT2D eigenvalue weighted by Gasteiger charge is -2.25. The maximum absolute atomic E-state index is 9.99. The van der Waals surface area contributed by atoms with E-state index < -0.39 is 0 Å². The molecule has 1 amide bonds. The smallest absolute Gasteiger partial charge is 0.309 e. The molecule has 0 unspecified atom stereocenters. The van der Waals surface area contributed by atoms with Crippen molar-refractivity contribution in [2.45, 2.75) is 58.3 Å². The number of unbranched alkanes of at least 4 members (excludes halogenated alkanes) is 2. The lowest BCUT2D eigenvalue weighted by molar-refractivity contribution is 0.310. The van der Waals surface area contributed by atoms with Gasteiger partial charge in [0.1, 0.15) is 5.75 Å². The van der Waals surface area contributed by atoms with Crippen LogP contribution in [0.1, 0.15) is 58.4 Å². The van der Waals surface area contributed by atoms with E-state index in [1.807, 2.05) is 12.1 Å². The van der Waals surface area contributed by atoms with Gasteiger partial charge in [-0.3, -0.25) is 4.79 Å². The number of ether oxygens (including phenoxy) is 1. The summed E-state index contributed by atoms with van der Waals surface area (Å²) in [5, 5.41) is 2.50. The lowest BCUT2D eigenvalue weighted by atomic mass is 9.80. The minimum atomic E-state index is 0.220. The third kappa shape index (κ3) is 6.65. The fourth-order valence-electron chi connectivity index (χ4n) is 2.37. The van der Waals surface area contributed by atoms with Crippen LogP contribution in [0.5, 0.6) is 5.75 Å². The molecule has 0 atom stereocenters. The zero-order valence-electron chi connectivity index (χ0n) is 13.6. The van der Waals surface area contributed by atoms with E-state index in [-0.39, 0.29) is 5.41 Å². The molecule has 0 bridgehead atoms. The molecule has 1 radical (unpaired) electrons. The van der Waals surface area contributed by atoms with E-state index in [1.54, 1.807) is 6.41 Å².